The third kappa shape index (κ3) is 3.58. The van der Waals surface area contributed by atoms with E-state index in [0.717, 1.165) is 37.2 Å². The average Bonchev–Trinajstić information content (AvgIpc) is 2.99. The first-order chi connectivity index (χ1) is 12.0. The number of rotatable bonds is 3. The van der Waals surface area contributed by atoms with Gasteiger partial charge in [0.1, 0.15) is 0 Å². The van der Waals surface area contributed by atoms with Gasteiger partial charge in [-0.15, -0.1) is 0 Å². The maximum Gasteiger partial charge on any atom is 0.253 e. The highest BCUT2D eigenvalue weighted by molar-refractivity contribution is 5.94. The van der Waals surface area contributed by atoms with Gasteiger partial charge >= 0.3 is 0 Å². The van der Waals surface area contributed by atoms with E-state index in [1.165, 1.54) is 5.69 Å². The number of benzene rings is 1. The number of piperidine rings is 1. The summed E-state index contributed by atoms with van der Waals surface area (Å²) in [5, 5.41) is 13.7. The second-order valence-corrected chi connectivity index (χ2v) is 6.87. The average molecular weight is 336 g/mol. The molecule has 130 valence electrons. The SMILES string of the molecule is Cc1cc(C)n(C2CCN(C(=O)c3cccc(C(C)C#N)c3)CC2)n1. The van der Waals surface area contributed by atoms with E-state index < -0.39 is 0 Å². The first kappa shape index (κ1) is 17.2. The lowest BCUT2D eigenvalue weighted by atomic mass is 9.99. The first-order valence-corrected chi connectivity index (χ1v) is 8.81. The summed E-state index contributed by atoms with van der Waals surface area (Å²) in [6, 6.07) is 12.1. The van der Waals surface area contributed by atoms with Crippen molar-refractivity contribution in [2.24, 2.45) is 0 Å². The van der Waals surface area contributed by atoms with Crippen LogP contribution in [-0.2, 0) is 0 Å². The standard InChI is InChI=1S/C20H24N4O/c1-14(13-21)17-5-4-6-18(12-17)20(25)23-9-7-19(8-10-23)24-16(3)11-15(2)22-24/h4-6,11-12,14,19H,7-10H2,1-3H3. The highest BCUT2D eigenvalue weighted by Crippen LogP contribution is 2.25. The molecule has 1 aromatic carbocycles. The van der Waals surface area contributed by atoms with Crippen LogP contribution in [0.1, 0.15) is 59.0 Å². The molecule has 2 heterocycles. The van der Waals surface area contributed by atoms with Gasteiger partial charge in [0.25, 0.3) is 5.91 Å². The molecule has 3 rings (SSSR count). The van der Waals surface area contributed by atoms with Crippen LogP contribution in [0.15, 0.2) is 30.3 Å². The molecule has 1 aromatic heterocycles. The predicted octanol–water partition coefficient (Wildman–Crippen LogP) is 3.60. The highest BCUT2D eigenvalue weighted by Gasteiger charge is 2.26. The molecule has 2 aromatic rings. The van der Waals surface area contributed by atoms with E-state index in [4.69, 9.17) is 5.26 Å². The zero-order chi connectivity index (χ0) is 18.0. The van der Waals surface area contributed by atoms with Gasteiger partial charge in [0.05, 0.1) is 23.7 Å². The molecule has 1 aliphatic rings. The molecule has 1 atom stereocenters. The van der Waals surface area contributed by atoms with Crippen LogP contribution in [-0.4, -0.2) is 33.7 Å². The van der Waals surface area contributed by atoms with Gasteiger partial charge in [-0.3, -0.25) is 9.48 Å². The van der Waals surface area contributed by atoms with E-state index in [9.17, 15) is 4.79 Å². The Balaban J connectivity index is 1.68. The van der Waals surface area contributed by atoms with Crippen LogP contribution in [0.2, 0.25) is 0 Å². The van der Waals surface area contributed by atoms with Crippen molar-refractivity contribution in [3.05, 3.63) is 52.8 Å². The summed E-state index contributed by atoms with van der Waals surface area (Å²) in [7, 11) is 0. The van der Waals surface area contributed by atoms with Crippen LogP contribution in [0, 0.1) is 25.2 Å². The minimum absolute atomic E-state index is 0.0545. The molecule has 0 saturated carbocycles. The maximum absolute atomic E-state index is 12.8. The largest absolute Gasteiger partial charge is 0.338 e. The number of aryl methyl sites for hydroxylation is 2. The van der Waals surface area contributed by atoms with Crippen molar-refractivity contribution in [2.75, 3.05) is 13.1 Å². The molecule has 1 amide bonds. The van der Waals surface area contributed by atoms with Crippen LogP contribution in [0.5, 0.6) is 0 Å². The van der Waals surface area contributed by atoms with Crippen LogP contribution in [0.25, 0.3) is 0 Å². The smallest absolute Gasteiger partial charge is 0.253 e. The van der Waals surface area contributed by atoms with Gasteiger partial charge in [-0.2, -0.15) is 10.4 Å². The molecule has 25 heavy (non-hydrogen) atoms. The molecule has 5 heteroatoms. The van der Waals surface area contributed by atoms with Gasteiger partial charge in [0, 0.05) is 24.3 Å². The number of likely N-dealkylation sites (tertiary alicyclic amines) is 1. The van der Waals surface area contributed by atoms with Gasteiger partial charge in [-0.1, -0.05) is 12.1 Å². The summed E-state index contributed by atoms with van der Waals surface area (Å²) < 4.78 is 2.10. The molecule has 0 spiro atoms. The summed E-state index contributed by atoms with van der Waals surface area (Å²) in [4.78, 5) is 14.7. The van der Waals surface area contributed by atoms with E-state index in [1.807, 2.05) is 43.0 Å². The second kappa shape index (κ2) is 7.10. The van der Waals surface area contributed by atoms with Gasteiger partial charge in [-0.25, -0.2) is 0 Å². The molecule has 1 fully saturated rings. The van der Waals surface area contributed by atoms with E-state index >= 15 is 0 Å². The lowest BCUT2D eigenvalue weighted by Gasteiger charge is -2.32. The Bertz CT molecular complexity index is 809. The topological polar surface area (TPSA) is 61.9 Å². The fourth-order valence-corrected chi connectivity index (χ4v) is 3.53. The number of carbonyl (C=O) groups excluding carboxylic acids is 1. The maximum atomic E-state index is 12.8. The minimum Gasteiger partial charge on any atom is -0.338 e. The van der Waals surface area contributed by atoms with Crippen molar-refractivity contribution in [3.63, 3.8) is 0 Å². The summed E-state index contributed by atoms with van der Waals surface area (Å²) in [5.74, 6) is -0.150. The van der Waals surface area contributed by atoms with E-state index in [0.29, 0.717) is 11.6 Å². The third-order valence-corrected chi connectivity index (χ3v) is 4.97. The molecule has 5 nitrogen and oxygen atoms in total. The zero-order valence-corrected chi connectivity index (χ0v) is 15.1. The molecule has 1 saturated heterocycles. The molecule has 1 aliphatic heterocycles. The van der Waals surface area contributed by atoms with Crippen molar-refractivity contribution in [3.8, 4) is 6.07 Å². The number of nitriles is 1. The lowest BCUT2D eigenvalue weighted by molar-refractivity contribution is 0.0689. The molecule has 0 radical (unpaired) electrons. The number of aromatic nitrogens is 2. The number of hydrogen-bond acceptors (Lipinski definition) is 3. The monoisotopic (exact) mass is 336 g/mol. The van der Waals surface area contributed by atoms with E-state index in [-0.39, 0.29) is 11.8 Å². The number of hydrogen-bond donors (Lipinski definition) is 0. The lowest BCUT2D eigenvalue weighted by Crippen LogP contribution is -2.39. The van der Waals surface area contributed by atoms with Crippen LogP contribution in [0.3, 0.4) is 0 Å². The summed E-state index contributed by atoms with van der Waals surface area (Å²) in [6.07, 6.45) is 1.84. The Hall–Kier alpha value is -2.61. The Morgan fingerprint density at radius 2 is 2.00 bits per heavy atom. The number of carbonyl (C=O) groups is 1. The molecular formula is C20H24N4O. The third-order valence-electron chi connectivity index (χ3n) is 4.97. The zero-order valence-electron chi connectivity index (χ0n) is 15.1. The van der Waals surface area contributed by atoms with Crippen molar-refractivity contribution < 1.29 is 4.79 Å². The predicted molar refractivity (Wildman–Crippen MR) is 96.3 cm³/mol. The van der Waals surface area contributed by atoms with E-state index in [2.05, 4.69) is 28.8 Å². The Kier molecular flexibility index (Phi) is 4.89. The second-order valence-electron chi connectivity index (χ2n) is 6.87. The quantitative estimate of drug-likeness (QED) is 0.860. The summed E-state index contributed by atoms with van der Waals surface area (Å²) >= 11 is 0. The van der Waals surface area contributed by atoms with Gasteiger partial charge in [0.2, 0.25) is 0 Å². The Labute approximate surface area is 148 Å². The number of amides is 1. The van der Waals surface area contributed by atoms with Crippen molar-refractivity contribution in [1.82, 2.24) is 14.7 Å². The fraction of sp³-hybridized carbons (Fsp3) is 0.450. The van der Waals surface area contributed by atoms with Crippen molar-refractivity contribution >= 4 is 5.91 Å². The van der Waals surface area contributed by atoms with Gasteiger partial charge in [0.15, 0.2) is 0 Å². The molecule has 0 aliphatic carbocycles. The van der Waals surface area contributed by atoms with Crippen molar-refractivity contribution in [2.45, 2.75) is 45.6 Å². The highest BCUT2D eigenvalue weighted by atomic mass is 16.2. The molecular weight excluding hydrogens is 312 g/mol. The first-order valence-electron chi connectivity index (χ1n) is 8.81. The van der Waals surface area contributed by atoms with Crippen molar-refractivity contribution in [1.29, 1.82) is 5.26 Å². The van der Waals surface area contributed by atoms with Crippen LogP contribution >= 0.6 is 0 Å². The van der Waals surface area contributed by atoms with E-state index in [1.54, 1.807) is 0 Å². The molecule has 1 unspecified atom stereocenters. The minimum atomic E-state index is -0.204. The fourth-order valence-electron chi connectivity index (χ4n) is 3.53. The van der Waals surface area contributed by atoms with Crippen LogP contribution < -0.4 is 0 Å². The summed E-state index contributed by atoms with van der Waals surface area (Å²) in [6.45, 7) is 7.42. The molecule has 0 N–H and O–H groups in total. The van der Waals surface area contributed by atoms with Crippen LogP contribution in [0.4, 0.5) is 0 Å². The normalized spacial score (nSPS) is 16.5. The van der Waals surface area contributed by atoms with Gasteiger partial charge in [-0.05, 0) is 57.4 Å². The van der Waals surface area contributed by atoms with Gasteiger partial charge < -0.3 is 4.90 Å². The number of nitrogens with zero attached hydrogens (tertiary/aromatic N) is 4. The molecule has 0 bridgehead atoms. The Morgan fingerprint density at radius 1 is 1.28 bits per heavy atom. The summed E-state index contributed by atoms with van der Waals surface area (Å²) in [5.41, 5.74) is 3.79. The Morgan fingerprint density at radius 3 is 2.60 bits per heavy atom.